The van der Waals surface area contributed by atoms with Gasteiger partial charge >= 0.3 is 0 Å². The maximum Gasteiger partial charge on any atom is 0.264 e. The smallest absolute Gasteiger partial charge is 0.264 e. The van der Waals surface area contributed by atoms with E-state index in [1.165, 1.54) is 0 Å². The third-order valence-electron chi connectivity index (χ3n) is 2.87. The third-order valence-corrected chi connectivity index (χ3v) is 2.87. The number of aromatic nitrogens is 3. The molecule has 0 radical (unpaired) electrons. The Balaban J connectivity index is 1.87. The van der Waals surface area contributed by atoms with Crippen LogP contribution in [0.1, 0.15) is 17.0 Å². The minimum absolute atomic E-state index is 0.127. The summed E-state index contributed by atoms with van der Waals surface area (Å²) in [6.45, 7) is 3.94. The van der Waals surface area contributed by atoms with E-state index in [9.17, 15) is 4.79 Å². The highest BCUT2D eigenvalue weighted by atomic mass is 16.5. The molecule has 21 heavy (non-hydrogen) atoms. The molecule has 1 heterocycles. The van der Waals surface area contributed by atoms with Crippen molar-refractivity contribution in [2.45, 2.75) is 20.4 Å². The Kier molecular flexibility index (Phi) is 4.78. The summed E-state index contributed by atoms with van der Waals surface area (Å²) < 4.78 is 5.36. The SMILES string of the molecule is Cc1nnc(NC(=O)COc2ccc(CN)cc2)nc1C. The molecule has 0 bridgehead atoms. The van der Waals surface area contributed by atoms with Crippen molar-refractivity contribution in [1.82, 2.24) is 15.2 Å². The van der Waals surface area contributed by atoms with Crippen LogP contribution in [-0.2, 0) is 11.3 Å². The summed E-state index contributed by atoms with van der Waals surface area (Å²) in [6, 6.07) is 7.24. The van der Waals surface area contributed by atoms with Crippen molar-refractivity contribution in [1.29, 1.82) is 0 Å². The van der Waals surface area contributed by atoms with Crippen molar-refractivity contribution in [2.24, 2.45) is 5.73 Å². The van der Waals surface area contributed by atoms with Crippen molar-refractivity contribution in [3.63, 3.8) is 0 Å². The molecule has 0 spiro atoms. The first-order valence-electron chi connectivity index (χ1n) is 6.48. The molecule has 7 nitrogen and oxygen atoms in total. The predicted molar refractivity (Wildman–Crippen MR) is 77.8 cm³/mol. The maximum absolute atomic E-state index is 11.7. The molecule has 1 amide bonds. The minimum Gasteiger partial charge on any atom is -0.484 e. The van der Waals surface area contributed by atoms with Gasteiger partial charge in [-0.2, -0.15) is 5.10 Å². The van der Waals surface area contributed by atoms with Gasteiger partial charge in [0.25, 0.3) is 5.91 Å². The minimum atomic E-state index is -0.344. The molecule has 3 N–H and O–H groups in total. The quantitative estimate of drug-likeness (QED) is 0.849. The molecule has 0 unspecified atom stereocenters. The van der Waals surface area contributed by atoms with Gasteiger partial charge in [0.1, 0.15) is 5.75 Å². The summed E-state index contributed by atoms with van der Waals surface area (Å²) in [4.78, 5) is 15.9. The highest BCUT2D eigenvalue weighted by molar-refractivity contribution is 5.90. The van der Waals surface area contributed by atoms with E-state index < -0.39 is 0 Å². The van der Waals surface area contributed by atoms with E-state index >= 15 is 0 Å². The molecule has 0 saturated heterocycles. The Morgan fingerprint density at radius 3 is 2.52 bits per heavy atom. The lowest BCUT2D eigenvalue weighted by Crippen LogP contribution is -2.22. The standard InChI is InChI=1S/C14H17N5O2/c1-9-10(2)18-19-14(16-9)17-13(20)8-21-12-5-3-11(7-15)4-6-12/h3-6H,7-8,15H2,1-2H3,(H,16,17,19,20). The molecule has 2 rings (SSSR count). The van der Waals surface area contributed by atoms with Crippen LogP contribution in [0.2, 0.25) is 0 Å². The third kappa shape index (κ3) is 4.22. The van der Waals surface area contributed by atoms with Gasteiger partial charge in [-0.25, -0.2) is 4.98 Å². The summed E-state index contributed by atoms with van der Waals surface area (Å²) in [5, 5.41) is 10.2. The molecular weight excluding hydrogens is 270 g/mol. The molecule has 1 aromatic heterocycles. The number of benzene rings is 1. The van der Waals surface area contributed by atoms with Gasteiger partial charge in [0, 0.05) is 6.54 Å². The van der Waals surface area contributed by atoms with Crippen LogP contribution in [0.25, 0.3) is 0 Å². The van der Waals surface area contributed by atoms with Crippen LogP contribution in [-0.4, -0.2) is 27.7 Å². The van der Waals surface area contributed by atoms with Gasteiger partial charge in [0.15, 0.2) is 6.61 Å². The summed E-state index contributed by atoms with van der Waals surface area (Å²) >= 11 is 0. The number of carbonyl (C=O) groups is 1. The summed E-state index contributed by atoms with van der Waals surface area (Å²) in [7, 11) is 0. The van der Waals surface area contributed by atoms with Gasteiger partial charge in [-0.1, -0.05) is 12.1 Å². The van der Waals surface area contributed by atoms with Crippen molar-refractivity contribution in [2.75, 3.05) is 11.9 Å². The lowest BCUT2D eigenvalue weighted by molar-refractivity contribution is -0.118. The number of carbonyl (C=O) groups excluding carboxylic acids is 1. The van der Waals surface area contributed by atoms with Crippen LogP contribution >= 0.6 is 0 Å². The second-order valence-electron chi connectivity index (χ2n) is 4.49. The second kappa shape index (κ2) is 6.76. The highest BCUT2D eigenvalue weighted by Crippen LogP contribution is 2.11. The number of rotatable bonds is 5. The summed E-state index contributed by atoms with van der Waals surface area (Å²) in [5.41, 5.74) is 7.95. The fraction of sp³-hybridized carbons (Fsp3) is 0.286. The van der Waals surface area contributed by atoms with Crippen molar-refractivity contribution in [3.05, 3.63) is 41.2 Å². The van der Waals surface area contributed by atoms with E-state index in [2.05, 4.69) is 20.5 Å². The van der Waals surface area contributed by atoms with E-state index in [1.807, 2.05) is 12.1 Å². The van der Waals surface area contributed by atoms with Crippen molar-refractivity contribution in [3.8, 4) is 5.75 Å². The van der Waals surface area contributed by atoms with Crippen LogP contribution in [0.5, 0.6) is 5.75 Å². The van der Waals surface area contributed by atoms with E-state index in [1.54, 1.807) is 26.0 Å². The Bertz CT molecular complexity index is 628. The van der Waals surface area contributed by atoms with Crippen LogP contribution in [0.15, 0.2) is 24.3 Å². The average molecular weight is 287 g/mol. The molecule has 0 aliphatic heterocycles. The van der Waals surface area contributed by atoms with Crippen LogP contribution in [0.3, 0.4) is 0 Å². The number of hydrogen-bond acceptors (Lipinski definition) is 6. The second-order valence-corrected chi connectivity index (χ2v) is 4.49. The Hall–Kier alpha value is -2.54. The summed E-state index contributed by atoms with van der Waals surface area (Å²) in [5.74, 6) is 0.426. The molecule has 0 fully saturated rings. The van der Waals surface area contributed by atoms with Gasteiger partial charge in [-0.15, -0.1) is 5.10 Å². The molecular formula is C14H17N5O2. The van der Waals surface area contributed by atoms with Gasteiger partial charge in [-0.3, -0.25) is 10.1 Å². The van der Waals surface area contributed by atoms with Crippen LogP contribution in [0.4, 0.5) is 5.95 Å². The van der Waals surface area contributed by atoms with Crippen LogP contribution < -0.4 is 15.8 Å². The number of amides is 1. The zero-order valence-electron chi connectivity index (χ0n) is 12.0. The van der Waals surface area contributed by atoms with Gasteiger partial charge in [0.05, 0.1) is 11.4 Å². The zero-order valence-corrected chi connectivity index (χ0v) is 12.0. The average Bonchev–Trinajstić information content (AvgIpc) is 2.49. The molecule has 0 atom stereocenters. The molecule has 0 saturated carbocycles. The fourth-order valence-corrected chi connectivity index (χ4v) is 1.54. The monoisotopic (exact) mass is 287 g/mol. The lowest BCUT2D eigenvalue weighted by atomic mass is 10.2. The van der Waals surface area contributed by atoms with Crippen molar-refractivity contribution < 1.29 is 9.53 Å². The zero-order chi connectivity index (χ0) is 15.2. The maximum atomic E-state index is 11.7. The topological polar surface area (TPSA) is 103 Å². The molecule has 1 aromatic carbocycles. The van der Waals surface area contributed by atoms with Gasteiger partial charge in [-0.05, 0) is 31.5 Å². The number of nitrogens with zero attached hydrogens (tertiary/aromatic N) is 3. The number of nitrogens with one attached hydrogen (secondary N) is 1. The van der Waals surface area contributed by atoms with Gasteiger partial charge in [0.2, 0.25) is 5.95 Å². The van der Waals surface area contributed by atoms with Gasteiger partial charge < -0.3 is 10.5 Å². The largest absolute Gasteiger partial charge is 0.484 e. The van der Waals surface area contributed by atoms with E-state index in [0.717, 1.165) is 17.0 Å². The van der Waals surface area contributed by atoms with Crippen LogP contribution in [0, 0.1) is 13.8 Å². The molecule has 7 heteroatoms. The number of ether oxygens (including phenoxy) is 1. The number of aryl methyl sites for hydroxylation is 2. The first kappa shape index (κ1) is 14.9. The highest BCUT2D eigenvalue weighted by Gasteiger charge is 2.07. The predicted octanol–water partition coefficient (Wildman–Crippen LogP) is 0.965. The van der Waals surface area contributed by atoms with Crippen molar-refractivity contribution >= 4 is 11.9 Å². The fourth-order valence-electron chi connectivity index (χ4n) is 1.54. The van der Waals surface area contributed by atoms with E-state index in [0.29, 0.717) is 12.3 Å². The Morgan fingerprint density at radius 1 is 1.19 bits per heavy atom. The summed E-state index contributed by atoms with van der Waals surface area (Å²) in [6.07, 6.45) is 0. The number of anilines is 1. The van der Waals surface area contributed by atoms with E-state index in [-0.39, 0.29) is 18.5 Å². The molecule has 0 aliphatic carbocycles. The first-order valence-corrected chi connectivity index (χ1v) is 6.48. The molecule has 2 aromatic rings. The van der Waals surface area contributed by atoms with E-state index in [4.69, 9.17) is 10.5 Å². The molecule has 110 valence electrons. The number of hydrogen-bond donors (Lipinski definition) is 2. The first-order chi connectivity index (χ1) is 10.1. The molecule has 0 aliphatic rings. The normalized spacial score (nSPS) is 10.2. The number of nitrogens with two attached hydrogens (primary N) is 1. The lowest BCUT2D eigenvalue weighted by Gasteiger charge is -2.07. The Labute approximate surface area is 122 Å². The Morgan fingerprint density at radius 2 is 1.90 bits per heavy atom.